The van der Waals surface area contributed by atoms with E-state index in [2.05, 4.69) is 4.90 Å². The van der Waals surface area contributed by atoms with Crippen LogP contribution in [0, 0.1) is 0 Å². The zero-order valence-electron chi connectivity index (χ0n) is 8.29. The Morgan fingerprint density at radius 1 is 1.43 bits per heavy atom. The number of Topliss-reactive ketones (excluding diaryl/α,β-unsaturated/α-hetero) is 1. The molecule has 0 unspecified atom stereocenters. The molecule has 0 bridgehead atoms. The second kappa shape index (κ2) is 3.33. The molecule has 14 heavy (non-hydrogen) atoms. The van der Waals surface area contributed by atoms with Crippen LogP contribution < -0.4 is 10.6 Å². The zero-order chi connectivity index (χ0) is 10.1. The number of hydrogen-bond donors (Lipinski definition) is 1. The lowest BCUT2D eigenvalue weighted by atomic mass is 10.1. The molecule has 0 aliphatic carbocycles. The van der Waals surface area contributed by atoms with Crippen LogP contribution in [-0.4, -0.2) is 19.4 Å². The topological polar surface area (TPSA) is 46.3 Å². The predicted octanol–water partition coefficient (Wildman–Crippen LogP) is 1.68. The average Bonchev–Trinajstić information content (AvgIpc) is 2.29. The Labute approximate surface area is 83.5 Å². The molecule has 1 aromatic rings. The molecule has 0 fully saturated rings. The van der Waals surface area contributed by atoms with Crippen LogP contribution in [-0.2, 0) is 0 Å². The highest BCUT2D eigenvalue weighted by Crippen LogP contribution is 2.30. The maximum Gasteiger partial charge on any atom is 0.165 e. The number of ketones is 1. The first kappa shape index (κ1) is 9.06. The Hall–Kier alpha value is -1.51. The summed E-state index contributed by atoms with van der Waals surface area (Å²) in [7, 11) is 1.98. The van der Waals surface area contributed by atoms with Crippen LogP contribution >= 0.6 is 0 Å². The van der Waals surface area contributed by atoms with E-state index in [0.717, 1.165) is 24.2 Å². The second-order valence-corrected chi connectivity index (χ2v) is 3.69. The van der Waals surface area contributed by atoms with Crippen LogP contribution in [0.3, 0.4) is 0 Å². The van der Waals surface area contributed by atoms with Gasteiger partial charge in [0.1, 0.15) is 0 Å². The fourth-order valence-electron chi connectivity index (χ4n) is 1.94. The number of para-hydroxylation sites is 1. The lowest BCUT2D eigenvalue weighted by Crippen LogP contribution is -2.19. The molecule has 1 aliphatic heterocycles. The first-order valence-electron chi connectivity index (χ1n) is 4.83. The van der Waals surface area contributed by atoms with Crippen molar-refractivity contribution in [2.24, 2.45) is 0 Å². The molecule has 0 amide bonds. The molecule has 2 N–H and O–H groups in total. The molecule has 0 aromatic heterocycles. The number of fused-ring (bicyclic) bond motifs is 1. The highest BCUT2D eigenvalue weighted by molar-refractivity contribution is 6.04. The van der Waals surface area contributed by atoms with E-state index in [4.69, 9.17) is 5.73 Å². The minimum atomic E-state index is 0.205. The minimum absolute atomic E-state index is 0.205. The van der Waals surface area contributed by atoms with Crippen molar-refractivity contribution in [3.63, 3.8) is 0 Å². The smallest absolute Gasteiger partial charge is 0.165 e. The van der Waals surface area contributed by atoms with Gasteiger partial charge >= 0.3 is 0 Å². The summed E-state index contributed by atoms with van der Waals surface area (Å²) in [6.07, 6.45) is 1.53. The normalized spacial score (nSPS) is 16.4. The van der Waals surface area contributed by atoms with Crippen LogP contribution in [0.25, 0.3) is 0 Å². The van der Waals surface area contributed by atoms with Gasteiger partial charge < -0.3 is 10.6 Å². The number of anilines is 2. The van der Waals surface area contributed by atoms with Crippen molar-refractivity contribution in [3.05, 3.63) is 23.8 Å². The summed E-state index contributed by atoms with van der Waals surface area (Å²) in [5.41, 5.74) is 8.23. The molecule has 2 rings (SSSR count). The molecule has 0 spiro atoms. The highest BCUT2D eigenvalue weighted by Gasteiger charge is 2.19. The third-order valence-corrected chi connectivity index (χ3v) is 2.65. The molecular formula is C11H14N2O. The molecular weight excluding hydrogens is 176 g/mol. The van der Waals surface area contributed by atoms with Crippen molar-refractivity contribution in [1.29, 1.82) is 0 Å². The average molecular weight is 190 g/mol. The molecule has 0 saturated carbocycles. The molecule has 1 aromatic carbocycles. The molecule has 1 heterocycles. The Balaban J connectivity index is 2.59. The summed E-state index contributed by atoms with van der Waals surface area (Å²) in [6, 6.07) is 5.54. The highest BCUT2D eigenvalue weighted by atomic mass is 16.1. The second-order valence-electron chi connectivity index (χ2n) is 3.69. The monoisotopic (exact) mass is 190 g/mol. The van der Waals surface area contributed by atoms with Gasteiger partial charge in [0.25, 0.3) is 0 Å². The summed E-state index contributed by atoms with van der Waals surface area (Å²) in [4.78, 5) is 13.8. The molecule has 3 nitrogen and oxygen atoms in total. The third-order valence-electron chi connectivity index (χ3n) is 2.65. The summed E-state index contributed by atoms with van der Waals surface area (Å²) in [5, 5.41) is 0. The molecule has 0 saturated heterocycles. The van der Waals surface area contributed by atoms with Gasteiger partial charge in [-0.25, -0.2) is 0 Å². The summed E-state index contributed by atoms with van der Waals surface area (Å²) in [5.74, 6) is 0.205. The van der Waals surface area contributed by atoms with Crippen LogP contribution in [0.5, 0.6) is 0 Å². The lowest BCUT2D eigenvalue weighted by Gasteiger charge is -2.20. The Kier molecular flexibility index (Phi) is 2.15. The Bertz CT molecular complexity index is 374. The van der Waals surface area contributed by atoms with Crippen LogP contribution in [0.4, 0.5) is 11.4 Å². The van der Waals surface area contributed by atoms with E-state index >= 15 is 0 Å². The van der Waals surface area contributed by atoms with E-state index in [0.29, 0.717) is 12.1 Å². The van der Waals surface area contributed by atoms with Crippen molar-refractivity contribution in [1.82, 2.24) is 0 Å². The Morgan fingerprint density at radius 2 is 2.21 bits per heavy atom. The standard InChI is InChI=1S/C11H14N2O/c1-13-7-3-6-10(14)8-4-2-5-9(12)11(8)13/h2,4-5H,3,6-7,12H2,1H3. The lowest BCUT2D eigenvalue weighted by molar-refractivity contribution is 0.0984. The zero-order valence-corrected chi connectivity index (χ0v) is 8.29. The first-order chi connectivity index (χ1) is 6.70. The van der Waals surface area contributed by atoms with Gasteiger partial charge in [0.15, 0.2) is 5.78 Å². The fourth-order valence-corrected chi connectivity index (χ4v) is 1.94. The number of nitrogen functional groups attached to an aromatic ring is 1. The largest absolute Gasteiger partial charge is 0.397 e. The SMILES string of the molecule is CN1CCCC(=O)c2cccc(N)c21. The number of rotatable bonds is 0. The van der Waals surface area contributed by atoms with E-state index in [9.17, 15) is 4.79 Å². The van der Waals surface area contributed by atoms with Gasteiger partial charge in [-0.15, -0.1) is 0 Å². The molecule has 0 radical (unpaired) electrons. The van der Waals surface area contributed by atoms with Crippen molar-refractivity contribution in [2.45, 2.75) is 12.8 Å². The van der Waals surface area contributed by atoms with E-state index in [1.54, 1.807) is 0 Å². The van der Waals surface area contributed by atoms with Crippen molar-refractivity contribution >= 4 is 17.2 Å². The first-order valence-corrected chi connectivity index (χ1v) is 4.83. The number of nitrogens with two attached hydrogens (primary N) is 1. The van der Waals surface area contributed by atoms with Gasteiger partial charge in [0.05, 0.1) is 11.4 Å². The van der Waals surface area contributed by atoms with Crippen molar-refractivity contribution < 1.29 is 4.79 Å². The number of benzene rings is 1. The molecule has 3 heteroatoms. The fraction of sp³-hybridized carbons (Fsp3) is 0.364. The van der Waals surface area contributed by atoms with Crippen molar-refractivity contribution in [2.75, 3.05) is 24.2 Å². The predicted molar refractivity (Wildman–Crippen MR) is 57.7 cm³/mol. The molecule has 1 aliphatic rings. The van der Waals surface area contributed by atoms with Gasteiger partial charge in [-0.1, -0.05) is 6.07 Å². The Morgan fingerprint density at radius 3 is 3.00 bits per heavy atom. The summed E-state index contributed by atoms with van der Waals surface area (Å²) < 4.78 is 0. The number of carbonyl (C=O) groups is 1. The van der Waals surface area contributed by atoms with Gasteiger partial charge in [0, 0.05) is 25.6 Å². The summed E-state index contributed by atoms with van der Waals surface area (Å²) in [6.45, 7) is 0.896. The van der Waals surface area contributed by atoms with E-state index < -0.39 is 0 Å². The van der Waals surface area contributed by atoms with E-state index in [1.807, 2.05) is 25.2 Å². The van der Waals surface area contributed by atoms with E-state index in [-0.39, 0.29) is 5.78 Å². The molecule has 0 atom stereocenters. The van der Waals surface area contributed by atoms with Gasteiger partial charge in [-0.2, -0.15) is 0 Å². The number of carbonyl (C=O) groups excluding carboxylic acids is 1. The summed E-state index contributed by atoms with van der Waals surface area (Å²) >= 11 is 0. The quantitative estimate of drug-likeness (QED) is 0.633. The minimum Gasteiger partial charge on any atom is -0.397 e. The number of nitrogens with zero attached hydrogens (tertiary/aromatic N) is 1. The maximum atomic E-state index is 11.7. The van der Waals surface area contributed by atoms with Crippen LogP contribution in [0.15, 0.2) is 18.2 Å². The third kappa shape index (κ3) is 1.35. The van der Waals surface area contributed by atoms with Gasteiger partial charge in [0.2, 0.25) is 0 Å². The number of hydrogen-bond acceptors (Lipinski definition) is 3. The van der Waals surface area contributed by atoms with Crippen LogP contribution in [0.2, 0.25) is 0 Å². The van der Waals surface area contributed by atoms with Crippen LogP contribution in [0.1, 0.15) is 23.2 Å². The van der Waals surface area contributed by atoms with Crippen molar-refractivity contribution in [3.8, 4) is 0 Å². The maximum absolute atomic E-state index is 11.7. The van der Waals surface area contributed by atoms with E-state index in [1.165, 1.54) is 0 Å². The van der Waals surface area contributed by atoms with Gasteiger partial charge in [-0.05, 0) is 18.6 Å². The van der Waals surface area contributed by atoms with Gasteiger partial charge in [-0.3, -0.25) is 4.79 Å². The molecule has 74 valence electrons.